The molecule has 4 heteroatoms. The van der Waals surface area contributed by atoms with E-state index in [0.29, 0.717) is 5.92 Å². The molecule has 0 atom stereocenters. The normalized spacial score (nSPS) is 22.6. The Morgan fingerprint density at radius 1 is 1.20 bits per heavy atom. The average Bonchev–Trinajstić information content (AvgIpc) is 3.10. The van der Waals surface area contributed by atoms with Gasteiger partial charge in [0.1, 0.15) is 10.7 Å². The Labute approximate surface area is 155 Å². The van der Waals surface area contributed by atoms with Crippen LogP contribution in [0.15, 0.2) is 23.6 Å². The van der Waals surface area contributed by atoms with E-state index in [4.69, 9.17) is 4.98 Å². The molecule has 0 aliphatic carbocycles. The van der Waals surface area contributed by atoms with Crippen molar-refractivity contribution in [2.75, 3.05) is 33.7 Å². The highest BCUT2D eigenvalue weighted by molar-refractivity contribution is 7.13. The first-order valence-electron chi connectivity index (χ1n) is 9.51. The average molecular weight is 357 g/mol. The molecule has 1 aromatic heterocycles. The number of quaternary nitrogens is 1. The van der Waals surface area contributed by atoms with Crippen molar-refractivity contribution in [3.05, 3.63) is 34.8 Å². The van der Waals surface area contributed by atoms with E-state index in [1.165, 1.54) is 53.3 Å². The fourth-order valence-corrected chi connectivity index (χ4v) is 5.17. The molecule has 2 aliphatic heterocycles. The van der Waals surface area contributed by atoms with Crippen LogP contribution in [-0.2, 0) is 5.41 Å². The lowest BCUT2D eigenvalue weighted by Gasteiger charge is -2.42. The fourth-order valence-electron chi connectivity index (χ4n) is 4.28. The Bertz CT molecular complexity index is 769. The highest BCUT2D eigenvalue weighted by atomic mass is 32.1. The molecule has 0 spiro atoms. The summed E-state index contributed by atoms with van der Waals surface area (Å²) in [5.41, 5.74) is 5.82. The number of fused-ring (bicyclic) bond motifs is 1. The van der Waals surface area contributed by atoms with Gasteiger partial charge in [0.25, 0.3) is 0 Å². The maximum atomic E-state index is 5.02. The van der Waals surface area contributed by atoms with E-state index in [2.05, 4.69) is 56.8 Å². The van der Waals surface area contributed by atoms with Gasteiger partial charge in [-0.3, -0.25) is 4.48 Å². The van der Waals surface area contributed by atoms with Crippen LogP contribution in [0, 0.1) is 0 Å². The Morgan fingerprint density at radius 2 is 1.96 bits per heavy atom. The summed E-state index contributed by atoms with van der Waals surface area (Å²) < 4.78 is 0.971. The SMILES string of the molecule is CC1(C)CC[N+](C)(C)c2cc(-c3nc(C4CCNCC4)cs3)ccc21. The van der Waals surface area contributed by atoms with Crippen LogP contribution in [0.4, 0.5) is 5.69 Å². The van der Waals surface area contributed by atoms with Crippen LogP contribution in [0.3, 0.4) is 0 Å². The lowest BCUT2D eigenvalue weighted by Crippen LogP contribution is -2.48. The topological polar surface area (TPSA) is 24.9 Å². The van der Waals surface area contributed by atoms with E-state index in [9.17, 15) is 0 Å². The van der Waals surface area contributed by atoms with Gasteiger partial charge in [0.05, 0.1) is 26.3 Å². The molecule has 3 heterocycles. The number of aromatic nitrogens is 1. The fraction of sp³-hybridized carbons (Fsp3) is 0.571. The van der Waals surface area contributed by atoms with Crippen molar-refractivity contribution in [1.29, 1.82) is 0 Å². The molecule has 1 N–H and O–H groups in total. The molecule has 134 valence electrons. The highest BCUT2D eigenvalue weighted by Crippen LogP contribution is 2.44. The summed E-state index contributed by atoms with van der Waals surface area (Å²) in [7, 11) is 4.67. The lowest BCUT2D eigenvalue weighted by molar-refractivity contribution is 0.302. The molecule has 0 saturated carbocycles. The number of piperidine rings is 1. The van der Waals surface area contributed by atoms with Crippen molar-refractivity contribution in [2.45, 2.75) is 44.4 Å². The van der Waals surface area contributed by atoms with Gasteiger partial charge in [-0.05, 0) is 25.9 Å². The molecule has 1 aromatic carbocycles. The largest absolute Gasteiger partial charge is 0.317 e. The highest BCUT2D eigenvalue weighted by Gasteiger charge is 2.38. The van der Waals surface area contributed by atoms with E-state index in [1.807, 2.05) is 11.3 Å². The maximum absolute atomic E-state index is 5.02. The Kier molecular flexibility index (Phi) is 4.25. The van der Waals surface area contributed by atoms with E-state index in [0.717, 1.165) is 17.6 Å². The quantitative estimate of drug-likeness (QED) is 0.800. The van der Waals surface area contributed by atoms with E-state index >= 15 is 0 Å². The minimum Gasteiger partial charge on any atom is -0.317 e. The molecule has 0 bridgehead atoms. The maximum Gasteiger partial charge on any atom is 0.136 e. The smallest absolute Gasteiger partial charge is 0.136 e. The number of benzene rings is 1. The predicted molar refractivity (Wildman–Crippen MR) is 109 cm³/mol. The van der Waals surface area contributed by atoms with Gasteiger partial charge in [-0.25, -0.2) is 4.98 Å². The van der Waals surface area contributed by atoms with Gasteiger partial charge in [-0.15, -0.1) is 11.3 Å². The number of thiazole rings is 1. The summed E-state index contributed by atoms with van der Waals surface area (Å²) in [6.07, 6.45) is 3.67. The van der Waals surface area contributed by atoms with Crippen molar-refractivity contribution in [3.63, 3.8) is 0 Å². The zero-order chi connectivity index (χ0) is 17.7. The Balaban J connectivity index is 1.69. The van der Waals surface area contributed by atoms with Crippen LogP contribution in [0.2, 0.25) is 0 Å². The van der Waals surface area contributed by atoms with Crippen LogP contribution in [0.1, 0.15) is 50.3 Å². The Hall–Kier alpha value is -1.23. The standard InChI is InChI=1S/C21H30N3S/c1-21(2)9-12-24(3,4)19-13-16(5-6-17(19)21)20-23-18(14-25-20)15-7-10-22-11-8-15/h5-6,13-15,22H,7-12H2,1-4H3/q+1. The van der Waals surface area contributed by atoms with Crippen LogP contribution < -0.4 is 9.80 Å². The second-order valence-corrected chi connectivity index (χ2v) is 9.73. The summed E-state index contributed by atoms with van der Waals surface area (Å²) in [4.78, 5) is 5.02. The second-order valence-electron chi connectivity index (χ2n) is 8.88. The minimum atomic E-state index is 0.269. The van der Waals surface area contributed by atoms with Gasteiger partial charge >= 0.3 is 0 Å². The third kappa shape index (κ3) is 3.16. The second kappa shape index (κ2) is 6.19. The van der Waals surface area contributed by atoms with Crippen LogP contribution in [0.25, 0.3) is 10.6 Å². The zero-order valence-corrected chi connectivity index (χ0v) is 16.7. The third-order valence-electron chi connectivity index (χ3n) is 6.20. The molecule has 1 fully saturated rings. The molecule has 0 unspecified atom stereocenters. The minimum absolute atomic E-state index is 0.269. The van der Waals surface area contributed by atoms with Crippen molar-refractivity contribution >= 4 is 17.0 Å². The first kappa shape index (κ1) is 17.2. The monoisotopic (exact) mass is 356 g/mol. The molecule has 1 saturated heterocycles. The molecule has 3 nitrogen and oxygen atoms in total. The molecule has 4 rings (SSSR count). The lowest BCUT2D eigenvalue weighted by atomic mass is 9.76. The predicted octanol–water partition coefficient (Wildman–Crippen LogP) is 4.53. The molecule has 0 radical (unpaired) electrons. The third-order valence-corrected chi connectivity index (χ3v) is 7.11. The van der Waals surface area contributed by atoms with Gasteiger partial charge in [0.2, 0.25) is 0 Å². The zero-order valence-electron chi connectivity index (χ0n) is 15.9. The van der Waals surface area contributed by atoms with Gasteiger partial charge in [0, 0.05) is 40.3 Å². The van der Waals surface area contributed by atoms with Gasteiger partial charge in [-0.2, -0.15) is 0 Å². The van der Waals surface area contributed by atoms with E-state index < -0.39 is 0 Å². The van der Waals surface area contributed by atoms with E-state index in [1.54, 1.807) is 0 Å². The van der Waals surface area contributed by atoms with Crippen molar-refractivity contribution in [3.8, 4) is 10.6 Å². The van der Waals surface area contributed by atoms with Crippen LogP contribution >= 0.6 is 11.3 Å². The summed E-state index contributed by atoms with van der Waals surface area (Å²) >= 11 is 1.81. The van der Waals surface area contributed by atoms with Gasteiger partial charge in [0.15, 0.2) is 0 Å². The Morgan fingerprint density at radius 3 is 2.72 bits per heavy atom. The first-order valence-corrected chi connectivity index (χ1v) is 10.4. The van der Waals surface area contributed by atoms with E-state index in [-0.39, 0.29) is 5.41 Å². The number of hydrogen-bond acceptors (Lipinski definition) is 3. The van der Waals surface area contributed by atoms with Gasteiger partial charge < -0.3 is 5.32 Å². The van der Waals surface area contributed by atoms with Crippen LogP contribution in [-0.4, -0.2) is 38.7 Å². The summed E-state index contributed by atoms with van der Waals surface area (Å²) in [5.74, 6) is 0.634. The number of hydrogen-bond donors (Lipinski definition) is 1. The first-order chi connectivity index (χ1) is 11.9. The number of rotatable bonds is 2. The van der Waals surface area contributed by atoms with Gasteiger partial charge in [-0.1, -0.05) is 26.0 Å². The van der Waals surface area contributed by atoms with Crippen molar-refractivity contribution < 1.29 is 0 Å². The summed E-state index contributed by atoms with van der Waals surface area (Å²) in [6.45, 7) is 8.20. The summed E-state index contributed by atoms with van der Waals surface area (Å²) in [6, 6.07) is 7.05. The molecule has 0 amide bonds. The van der Waals surface area contributed by atoms with Crippen molar-refractivity contribution in [1.82, 2.24) is 14.8 Å². The molecular weight excluding hydrogens is 326 g/mol. The molecule has 2 aliphatic rings. The van der Waals surface area contributed by atoms with Crippen LogP contribution in [0.5, 0.6) is 0 Å². The number of nitrogens with zero attached hydrogens (tertiary/aromatic N) is 2. The molecular formula is C21H30N3S+. The van der Waals surface area contributed by atoms with Crippen molar-refractivity contribution in [2.24, 2.45) is 0 Å². The number of nitrogens with one attached hydrogen (secondary N) is 1. The molecule has 2 aromatic rings. The molecule has 25 heavy (non-hydrogen) atoms. The summed E-state index contributed by atoms with van der Waals surface area (Å²) in [5, 5.41) is 6.91.